The van der Waals surface area contributed by atoms with Gasteiger partial charge in [-0.15, -0.1) is 0 Å². The van der Waals surface area contributed by atoms with Gasteiger partial charge in [-0.05, 0) is 63.0 Å². The summed E-state index contributed by atoms with van der Waals surface area (Å²) in [6.07, 6.45) is 0. The van der Waals surface area contributed by atoms with E-state index in [0.717, 1.165) is 39.2 Å². The predicted molar refractivity (Wildman–Crippen MR) is 231 cm³/mol. The van der Waals surface area contributed by atoms with Crippen LogP contribution in [-0.2, 0) is 0 Å². The highest BCUT2D eigenvalue weighted by atomic mass is 15.0. The van der Waals surface area contributed by atoms with E-state index >= 15 is 0 Å². The number of fused-ring (bicyclic) bond motifs is 9. The van der Waals surface area contributed by atoms with Gasteiger partial charge in [0.1, 0.15) is 0 Å². The summed E-state index contributed by atoms with van der Waals surface area (Å²) < 4.78 is 2.46. The van der Waals surface area contributed by atoms with Crippen LogP contribution in [0.2, 0.25) is 0 Å². The largest absolute Gasteiger partial charge is 0.309 e. The molecular weight excluding hydrogens is 667 g/mol. The topological polar surface area (TPSA) is 30.7 Å². The van der Waals surface area contributed by atoms with Gasteiger partial charge in [0.2, 0.25) is 0 Å². The molecule has 2 heterocycles. The molecule has 256 valence electrons. The van der Waals surface area contributed by atoms with E-state index in [4.69, 9.17) is 9.97 Å². The quantitative estimate of drug-likeness (QED) is 0.167. The molecule has 0 N–H and O–H groups in total. The predicted octanol–water partition coefficient (Wildman–Crippen LogP) is 13.7. The number of hydrogen-bond acceptors (Lipinski definition) is 2. The highest BCUT2D eigenvalue weighted by Crippen LogP contribution is 2.44. The van der Waals surface area contributed by atoms with E-state index in [2.05, 4.69) is 193 Å². The standard InChI is InChI=1S/C52H33N3/c1-4-16-34(17-5-1)37-30-31-48-44(32-37)38-22-12-13-28-47(38)55(48)49-29-15-26-42-40-25-14-27-43(50(40)39-23-10-11-24-41(39)51(42)49)52-53-45(35-18-6-2-7-19-35)33-46(54-52)36-20-8-3-9-21-36/h1-33H. The van der Waals surface area contributed by atoms with Gasteiger partial charge in [0.05, 0.1) is 28.1 Å². The Labute approximate surface area is 318 Å². The number of hydrogen-bond donors (Lipinski definition) is 0. The van der Waals surface area contributed by atoms with Gasteiger partial charge < -0.3 is 4.57 Å². The Morgan fingerprint density at radius 2 is 0.800 bits per heavy atom. The van der Waals surface area contributed by atoms with E-state index in [0.29, 0.717) is 5.82 Å². The van der Waals surface area contributed by atoms with E-state index in [9.17, 15) is 0 Å². The highest BCUT2D eigenvalue weighted by molar-refractivity contribution is 6.30. The van der Waals surface area contributed by atoms with Gasteiger partial charge in [-0.2, -0.15) is 0 Å². The van der Waals surface area contributed by atoms with E-state index in [1.54, 1.807) is 0 Å². The van der Waals surface area contributed by atoms with Crippen molar-refractivity contribution in [2.45, 2.75) is 0 Å². The Bertz CT molecular complexity index is 3140. The minimum atomic E-state index is 0.711. The zero-order valence-corrected chi connectivity index (χ0v) is 29.9. The fraction of sp³-hybridized carbons (Fsp3) is 0. The number of rotatable bonds is 5. The smallest absolute Gasteiger partial charge is 0.161 e. The lowest BCUT2D eigenvalue weighted by molar-refractivity contribution is 1.19. The molecule has 0 amide bonds. The van der Waals surface area contributed by atoms with Crippen molar-refractivity contribution in [3.63, 3.8) is 0 Å². The van der Waals surface area contributed by atoms with Crippen LogP contribution in [0, 0.1) is 0 Å². The van der Waals surface area contributed by atoms with Crippen molar-refractivity contribution in [1.29, 1.82) is 0 Å². The van der Waals surface area contributed by atoms with Crippen LogP contribution in [-0.4, -0.2) is 14.5 Å². The normalized spacial score (nSPS) is 11.6. The maximum absolute atomic E-state index is 5.28. The van der Waals surface area contributed by atoms with Crippen LogP contribution in [0.25, 0.3) is 105 Å². The minimum Gasteiger partial charge on any atom is -0.309 e. The highest BCUT2D eigenvalue weighted by Gasteiger charge is 2.20. The van der Waals surface area contributed by atoms with Crippen LogP contribution in [0.5, 0.6) is 0 Å². The van der Waals surface area contributed by atoms with Crippen molar-refractivity contribution in [1.82, 2.24) is 14.5 Å². The third kappa shape index (κ3) is 5.05. The molecule has 2 aromatic heterocycles. The molecule has 0 atom stereocenters. The van der Waals surface area contributed by atoms with Crippen LogP contribution in [0.1, 0.15) is 0 Å². The molecule has 55 heavy (non-hydrogen) atoms. The van der Waals surface area contributed by atoms with E-state index in [1.165, 1.54) is 59.9 Å². The lowest BCUT2D eigenvalue weighted by atomic mass is 9.90. The molecule has 0 fully saturated rings. The first-order valence-corrected chi connectivity index (χ1v) is 18.8. The lowest BCUT2D eigenvalue weighted by Gasteiger charge is -2.18. The maximum Gasteiger partial charge on any atom is 0.161 e. The molecule has 0 bridgehead atoms. The summed E-state index contributed by atoms with van der Waals surface area (Å²) >= 11 is 0. The summed E-state index contributed by atoms with van der Waals surface area (Å²) in [4.78, 5) is 10.6. The number of nitrogens with zero attached hydrogens (tertiary/aromatic N) is 3. The third-order valence-electron chi connectivity index (χ3n) is 11.0. The van der Waals surface area contributed by atoms with Crippen LogP contribution in [0.4, 0.5) is 0 Å². The van der Waals surface area contributed by atoms with Crippen molar-refractivity contribution in [2.75, 3.05) is 0 Å². The van der Waals surface area contributed by atoms with Crippen LogP contribution >= 0.6 is 0 Å². The van der Waals surface area contributed by atoms with Crippen molar-refractivity contribution in [2.24, 2.45) is 0 Å². The van der Waals surface area contributed by atoms with Crippen molar-refractivity contribution in [3.05, 3.63) is 200 Å². The fourth-order valence-electron chi connectivity index (χ4n) is 8.53. The summed E-state index contributed by atoms with van der Waals surface area (Å²) in [5.41, 5.74) is 10.9. The molecule has 0 radical (unpaired) electrons. The Kier molecular flexibility index (Phi) is 7.17. The average Bonchev–Trinajstić information content (AvgIpc) is 3.60. The molecule has 0 saturated heterocycles. The van der Waals surface area contributed by atoms with Crippen LogP contribution in [0.3, 0.4) is 0 Å². The first kappa shape index (κ1) is 31.2. The van der Waals surface area contributed by atoms with Gasteiger partial charge in [0, 0.05) is 38.2 Å². The lowest BCUT2D eigenvalue weighted by Crippen LogP contribution is -1.98. The monoisotopic (exact) mass is 699 g/mol. The molecule has 9 aromatic carbocycles. The fourth-order valence-corrected chi connectivity index (χ4v) is 8.53. The van der Waals surface area contributed by atoms with E-state index in [1.807, 2.05) is 12.1 Å². The Balaban J connectivity index is 1.20. The molecule has 11 aromatic rings. The van der Waals surface area contributed by atoms with Crippen molar-refractivity contribution in [3.8, 4) is 50.7 Å². The first-order chi connectivity index (χ1) is 27.3. The second-order valence-corrected chi connectivity index (χ2v) is 14.1. The van der Waals surface area contributed by atoms with E-state index < -0.39 is 0 Å². The van der Waals surface area contributed by atoms with Gasteiger partial charge in [-0.1, -0.05) is 170 Å². The van der Waals surface area contributed by atoms with Gasteiger partial charge in [-0.3, -0.25) is 0 Å². The van der Waals surface area contributed by atoms with Gasteiger partial charge in [0.25, 0.3) is 0 Å². The molecular formula is C52H33N3. The van der Waals surface area contributed by atoms with Gasteiger partial charge >= 0.3 is 0 Å². The maximum atomic E-state index is 5.28. The summed E-state index contributed by atoms with van der Waals surface area (Å²) in [5.74, 6) is 0.711. The molecule has 3 heteroatoms. The summed E-state index contributed by atoms with van der Waals surface area (Å²) in [6, 6.07) is 71.4. The van der Waals surface area contributed by atoms with Crippen LogP contribution in [0.15, 0.2) is 200 Å². The van der Waals surface area contributed by atoms with Crippen LogP contribution < -0.4 is 0 Å². The Morgan fingerprint density at radius 3 is 1.44 bits per heavy atom. The molecule has 11 rings (SSSR count). The summed E-state index contributed by atoms with van der Waals surface area (Å²) in [5, 5.41) is 9.61. The summed E-state index contributed by atoms with van der Waals surface area (Å²) in [7, 11) is 0. The number of benzene rings is 9. The molecule has 3 nitrogen and oxygen atoms in total. The molecule has 0 aliphatic heterocycles. The zero-order chi connectivity index (χ0) is 36.3. The van der Waals surface area contributed by atoms with Gasteiger partial charge in [-0.25, -0.2) is 9.97 Å². The molecule has 0 saturated carbocycles. The Hall–Kier alpha value is -7.36. The number of aromatic nitrogens is 3. The number of para-hydroxylation sites is 1. The molecule has 0 aliphatic carbocycles. The minimum absolute atomic E-state index is 0.711. The molecule has 0 spiro atoms. The van der Waals surface area contributed by atoms with Crippen molar-refractivity contribution >= 4 is 54.1 Å². The second kappa shape index (κ2) is 12.6. The Morgan fingerprint density at radius 1 is 0.309 bits per heavy atom. The molecule has 0 aliphatic rings. The van der Waals surface area contributed by atoms with Crippen molar-refractivity contribution < 1.29 is 0 Å². The zero-order valence-electron chi connectivity index (χ0n) is 29.9. The third-order valence-corrected chi connectivity index (χ3v) is 11.0. The molecule has 0 unspecified atom stereocenters. The summed E-state index contributed by atoms with van der Waals surface area (Å²) in [6.45, 7) is 0. The average molecular weight is 700 g/mol. The second-order valence-electron chi connectivity index (χ2n) is 14.1. The van der Waals surface area contributed by atoms with E-state index in [-0.39, 0.29) is 0 Å². The first-order valence-electron chi connectivity index (χ1n) is 18.8. The SMILES string of the molecule is c1ccc(-c2ccc3c(c2)c2ccccc2n3-c2cccc3c4cccc(-c5nc(-c6ccccc6)cc(-c6ccccc6)n5)c4c4ccccc4c23)cc1. The van der Waals surface area contributed by atoms with Gasteiger partial charge in [0.15, 0.2) is 5.82 Å².